The maximum absolute atomic E-state index is 6.14. The van der Waals surface area contributed by atoms with Crippen molar-refractivity contribution in [1.29, 1.82) is 0 Å². The van der Waals surface area contributed by atoms with Crippen molar-refractivity contribution in [2.45, 2.75) is 19.4 Å². The Hall–Kier alpha value is -1.15. The summed E-state index contributed by atoms with van der Waals surface area (Å²) in [7, 11) is 0. The Morgan fingerprint density at radius 3 is 2.95 bits per heavy atom. The number of aromatic amines is 1. The second kappa shape index (κ2) is 5.69. The maximum atomic E-state index is 6.14. The number of nitrogens with two attached hydrogens (primary N) is 1. The zero-order chi connectivity index (χ0) is 14.1. The number of rotatable bonds is 2. The largest absolute Gasteiger partial charge is 0.338 e. The number of nitrogens with one attached hydrogen (secondary N) is 1. The SMILES string of the molecule is CC1CCN(c2n[nH]c(-c3ccccc3I)n2)CC1N. The number of hydrogen-bond acceptors (Lipinski definition) is 4. The van der Waals surface area contributed by atoms with E-state index in [1.165, 1.54) is 0 Å². The molecule has 3 rings (SSSR count). The van der Waals surface area contributed by atoms with E-state index in [4.69, 9.17) is 5.73 Å². The molecule has 0 radical (unpaired) electrons. The minimum absolute atomic E-state index is 0.197. The van der Waals surface area contributed by atoms with Gasteiger partial charge >= 0.3 is 0 Å². The van der Waals surface area contributed by atoms with Gasteiger partial charge in [0.05, 0.1) is 0 Å². The molecule has 3 N–H and O–H groups in total. The molecule has 1 fully saturated rings. The molecule has 0 aliphatic carbocycles. The van der Waals surface area contributed by atoms with Crippen LogP contribution in [0.2, 0.25) is 0 Å². The average molecular weight is 383 g/mol. The van der Waals surface area contributed by atoms with E-state index in [0.717, 1.165) is 40.4 Å². The summed E-state index contributed by atoms with van der Waals surface area (Å²) in [6.07, 6.45) is 1.09. The van der Waals surface area contributed by atoms with E-state index in [9.17, 15) is 0 Å². The molecule has 106 valence electrons. The van der Waals surface area contributed by atoms with Gasteiger partial charge in [-0.15, -0.1) is 5.10 Å². The highest BCUT2D eigenvalue weighted by molar-refractivity contribution is 14.1. The molecule has 0 spiro atoms. The lowest BCUT2D eigenvalue weighted by Gasteiger charge is -2.34. The molecule has 1 aliphatic rings. The van der Waals surface area contributed by atoms with Crippen LogP contribution < -0.4 is 10.6 Å². The summed E-state index contributed by atoms with van der Waals surface area (Å²) in [5.74, 6) is 2.14. The first-order chi connectivity index (χ1) is 9.65. The van der Waals surface area contributed by atoms with Gasteiger partial charge in [0.25, 0.3) is 0 Å². The third-order valence-corrected chi connectivity index (χ3v) is 4.84. The van der Waals surface area contributed by atoms with Crippen molar-refractivity contribution in [1.82, 2.24) is 15.2 Å². The Labute approximate surface area is 132 Å². The van der Waals surface area contributed by atoms with Crippen LogP contribution in [0.25, 0.3) is 11.4 Å². The number of anilines is 1. The van der Waals surface area contributed by atoms with E-state index in [1.807, 2.05) is 12.1 Å². The number of aromatic nitrogens is 3. The first-order valence-corrected chi connectivity index (χ1v) is 7.91. The van der Waals surface area contributed by atoms with Gasteiger partial charge in [0.1, 0.15) is 0 Å². The second-order valence-electron chi connectivity index (χ2n) is 5.34. The van der Waals surface area contributed by atoms with E-state index in [0.29, 0.717) is 5.92 Å². The molecule has 1 aromatic carbocycles. The van der Waals surface area contributed by atoms with E-state index < -0.39 is 0 Å². The average Bonchev–Trinajstić information content (AvgIpc) is 2.92. The molecule has 2 aromatic rings. The first-order valence-electron chi connectivity index (χ1n) is 6.83. The number of nitrogens with zero attached hydrogens (tertiary/aromatic N) is 3. The van der Waals surface area contributed by atoms with Crippen LogP contribution >= 0.6 is 22.6 Å². The van der Waals surface area contributed by atoms with Crippen molar-refractivity contribution in [3.8, 4) is 11.4 Å². The minimum Gasteiger partial charge on any atom is -0.338 e. The normalized spacial score (nSPS) is 23.1. The topological polar surface area (TPSA) is 70.8 Å². The summed E-state index contributed by atoms with van der Waals surface area (Å²) in [5, 5.41) is 7.39. The lowest BCUT2D eigenvalue weighted by molar-refractivity contribution is 0.376. The third kappa shape index (κ3) is 2.67. The van der Waals surface area contributed by atoms with Crippen LogP contribution in [0.4, 0.5) is 5.95 Å². The summed E-state index contributed by atoms with van der Waals surface area (Å²) < 4.78 is 1.16. The van der Waals surface area contributed by atoms with Crippen LogP contribution in [0, 0.1) is 9.49 Å². The van der Waals surface area contributed by atoms with E-state index >= 15 is 0 Å². The van der Waals surface area contributed by atoms with Gasteiger partial charge < -0.3 is 10.6 Å². The third-order valence-electron chi connectivity index (χ3n) is 3.90. The van der Waals surface area contributed by atoms with Gasteiger partial charge in [-0.1, -0.05) is 25.1 Å². The molecule has 1 saturated heterocycles. The molecule has 2 heterocycles. The van der Waals surface area contributed by atoms with Crippen LogP contribution in [0.3, 0.4) is 0 Å². The predicted octanol–water partition coefficient (Wildman–Crippen LogP) is 2.25. The van der Waals surface area contributed by atoms with Gasteiger partial charge in [-0.25, -0.2) is 0 Å². The van der Waals surface area contributed by atoms with Gasteiger partial charge in [-0.2, -0.15) is 4.98 Å². The Morgan fingerprint density at radius 2 is 2.20 bits per heavy atom. The molecule has 0 saturated carbocycles. The van der Waals surface area contributed by atoms with E-state index in [2.05, 4.69) is 61.7 Å². The first kappa shape index (κ1) is 13.8. The molecule has 20 heavy (non-hydrogen) atoms. The van der Waals surface area contributed by atoms with Crippen molar-refractivity contribution < 1.29 is 0 Å². The van der Waals surface area contributed by atoms with E-state index in [1.54, 1.807) is 0 Å². The molecule has 2 unspecified atom stereocenters. The molecule has 1 aromatic heterocycles. The minimum atomic E-state index is 0.197. The number of benzene rings is 1. The van der Waals surface area contributed by atoms with Crippen LogP contribution in [0.1, 0.15) is 13.3 Å². The highest BCUT2D eigenvalue weighted by atomic mass is 127. The van der Waals surface area contributed by atoms with Crippen LogP contribution in [0.15, 0.2) is 24.3 Å². The molecular weight excluding hydrogens is 365 g/mol. The summed E-state index contributed by atoms with van der Waals surface area (Å²) >= 11 is 2.31. The van der Waals surface area contributed by atoms with Crippen LogP contribution in [-0.4, -0.2) is 34.3 Å². The summed E-state index contributed by atoms with van der Waals surface area (Å²) in [5.41, 5.74) is 7.22. The highest BCUT2D eigenvalue weighted by Crippen LogP contribution is 2.25. The van der Waals surface area contributed by atoms with E-state index in [-0.39, 0.29) is 6.04 Å². The molecule has 0 amide bonds. The monoisotopic (exact) mass is 383 g/mol. The van der Waals surface area contributed by atoms with Gasteiger partial charge in [0.15, 0.2) is 5.82 Å². The fraction of sp³-hybridized carbons (Fsp3) is 0.429. The summed E-state index contributed by atoms with van der Waals surface area (Å²) in [6, 6.07) is 8.35. The van der Waals surface area contributed by atoms with Gasteiger partial charge in [-0.05, 0) is 41.0 Å². The van der Waals surface area contributed by atoms with Crippen molar-refractivity contribution in [2.75, 3.05) is 18.0 Å². The molecule has 6 heteroatoms. The zero-order valence-electron chi connectivity index (χ0n) is 11.4. The lowest BCUT2D eigenvalue weighted by atomic mass is 9.95. The lowest BCUT2D eigenvalue weighted by Crippen LogP contribution is -2.48. The van der Waals surface area contributed by atoms with Gasteiger partial charge in [0.2, 0.25) is 5.95 Å². The Morgan fingerprint density at radius 1 is 1.40 bits per heavy atom. The van der Waals surface area contributed by atoms with Crippen molar-refractivity contribution >= 4 is 28.5 Å². The summed E-state index contributed by atoms with van der Waals surface area (Å²) in [6.45, 7) is 4.00. The molecule has 5 nitrogen and oxygen atoms in total. The predicted molar refractivity (Wildman–Crippen MR) is 88.5 cm³/mol. The maximum Gasteiger partial charge on any atom is 0.245 e. The number of hydrogen-bond donors (Lipinski definition) is 2. The Balaban J connectivity index is 1.82. The molecule has 2 atom stereocenters. The van der Waals surface area contributed by atoms with Gasteiger partial charge in [0, 0.05) is 28.3 Å². The summed E-state index contributed by atoms with van der Waals surface area (Å²) in [4.78, 5) is 6.79. The number of piperidine rings is 1. The van der Waals surface area contributed by atoms with Crippen LogP contribution in [-0.2, 0) is 0 Å². The quantitative estimate of drug-likeness (QED) is 0.781. The van der Waals surface area contributed by atoms with Crippen molar-refractivity contribution in [3.63, 3.8) is 0 Å². The fourth-order valence-electron chi connectivity index (χ4n) is 2.45. The van der Waals surface area contributed by atoms with Crippen molar-refractivity contribution in [2.24, 2.45) is 11.7 Å². The standard InChI is InChI=1S/C14H18IN5/c1-9-6-7-20(8-12(9)16)14-17-13(18-19-14)10-4-2-3-5-11(10)15/h2-5,9,12H,6-8,16H2,1H3,(H,17,18,19). The molecular formula is C14H18IN5. The number of H-pyrrole nitrogens is 1. The smallest absolute Gasteiger partial charge is 0.245 e. The highest BCUT2D eigenvalue weighted by Gasteiger charge is 2.25. The van der Waals surface area contributed by atoms with Gasteiger partial charge in [-0.3, -0.25) is 5.10 Å². The molecule has 1 aliphatic heterocycles. The molecule has 0 bridgehead atoms. The van der Waals surface area contributed by atoms with Crippen molar-refractivity contribution in [3.05, 3.63) is 27.8 Å². The zero-order valence-corrected chi connectivity index (χ0v) is 13.5. The Bertz CT molecular complexity index is 597. The fourth-order valence-corrected chi connectivity index (χ4v) is 3.09. The van der Waals surface area contributed by atoms with Crippen LogP contribution in [0.5, 0.6) is 0 Å². The second-order valence-corrected chi connectivity index (χ2v) is 6.50. The number of halogens is 1. The Kier molecular flexibility index (Phi) is 3.93.